The Kier molecular flexibility index (Phi) is 3.45. The van der Waals surface area contributed by atoms with Crippen LogP contribution < -0.4 is 10.1 Å². The summed E-state index contributed by atoms with van der Waals surface area (Å²) >= 11 is 0. The molecule has 2 aliphatic heterocycles. The van der Waals surface area contributed by atoms with Crippen molar-refractivity contribution in [2.24, 2.45) is 0 Å². The highest BCUT2D eigenvalue weighted by Gasteiger charge is 2.34. The largest absolute Gasteiger partial charge is 0.481 e. The topological polar surface area (TPSA) is 46.6 Å². The predicted molar refractivity (Wildman–Crippen MR) is 67.6 cm³/mol. The molecule has 0 spiro atoms. The van der Waals surface area contributed by atoms with E-state index in [1.807, 2.05) is 12.3 Å². The van der Waals surface area contributed by atoms with Crippen LogP contribution in [0.15, 0.2) is 18.3 Å². The molecule has 2 atom stereocenters. The van der Waals surface area contributed by atoms with Gasteiger partial charge in [0.05, 0.1) is 20.3 Å². The minimum Gasteiger partial charge on any atom is -0.481 e. The van der Waals surface area contributed by atoms with Crippen LogP contribution in [-0.4, -0.2) is 55.4 Å². The number of nitrogens with one attached hydrogen (secondary N) is 1. The summed E-state index contributed by atoms with van der Waals surface area (Å²) in [6.45, 7) is 4.62. The molecule has 5 nitrogen and oxygen atoms in total. The molecule has 2 fully saturated rings. The number of ether oxygens (including phenoxy) is 2. The Morgan fingerprint density at radius 2 is 2.17 bits per heavy atom. The minimum absolute atomic E-state index is 0.486. The van der Waals surface area contributed by atoms with Crippen molar-refractivity contribution in [1.29, 1.82) is 0 Å². The second kappa shape index (κ2) is 5.22. The zero-order valence-corrected chi connectivity index (χ0v) is 10.6. The van der Waals surface area contributed by atoms with Gasteiger partial charge in [0.2, 0.25) is 5.88 Å². The monoisotopic (exact) mass is 249 g/mol. The molecule has 0 unspecified atom stereocenters. The Hall–Kier alpha value is -1.17. The van der Waals surface area contributed by atoms with Gasteiger partial charge in [0.15, 0.2) is 0 Å². The van der Waals surface area contributed by atoms with Crippen LogP contribution in [0.2, 0.25) is 0 Å². The number of rotatable bonds is 3. The molecule has 98 valence electrons. The highest BCUT2D eigenvalue weighted by molar-refractivity contribution is 5.18. The molecule has 2 saturated heterocycles. The molecule has 18 heavy (non-hydrogen) atoms. The van der Waals surface area contributed by atoms with E-state index in [9.17, 15) is 0 Å². The number of piperazine rings is 1. The van der Waals surface area contributed by atoms with Crippen LogP contribution in [-0.2, 0) is 11.3 Å². The molecule has 1 aromatic heterocycles. The van der Waals surface area contributed by atoms with Gasteiger partial charge in [-0.1, -0.05) is 6.07 Å². The van der Waals surface area contributed by atoms with Crippen LogP contribution in [0.4, 0.5) is 0 Å². The molecule has 0 aliphatic carbocycles. The lowest BCUT2D eigenvalue weighted by molar-refractivity contribution is -0.0689. The van der Waals surface area contributed by atoms with E-state index in [-0.39, 0.29) is 0 Å². The first-order valence-electron chi connectivity index (χ1n) is 6.40. The van der Waals surface area contributed by atoms with Gasteiger partial charge < -0.3 is 14.8 Å². The van der Waals surface area contributed by atoms with Crippen molar-refractivity contribution in [3.05, 3.63) is 23.9 Å². The van der Waals surface area contributed by atoms with Gasteiger partial charge in [0.1, 0.15) is 0 Å². The van der Waals surface area contributed by atoms with E-state index < -0.39 is 0 Å². The number of hydrogen-bond acceptors (Lipinski definition) is 5. The Labute approximate surface area is 107 Å². The van der Waals surface area contributed by atoms with Crippen LogP contribution in [0.3, 0.4) is 0 Å². The van der Waals surface area contributed by atoms with E-state index in [2.05, 4.69) is 21.3 Å². The third-order valence-electron chi connectivity index (χ3n) is 3.69. The maximum Gasteiger partial charge on any atom is 0.212 e. The number of nitrogens with zero attached hydrogens (tertiary/aromatic N) is 2. The van der Waals surface area contributed by atoms with Gasteiger partial charge in [-0.3, -0.25) is 4.90 Å². The first-order chi connectivity index (χ1) is 8.86. The van der Waals surface area contributed by atoms with Crippen LogP contribution in [0.25, 0.3) is 0 Å². The zero-order chi connectivity index (χ0) is 12.4. The number of hydrogen-bond donors (Lipinski definition) is 1. The molecule has 0 amide bonds. The van der Waals surface area contributed by atoms with Crippen molar-refractivity contribution < 1.29 is 9.47 Å². The normalized spacial score (nSPS) is 28.1. The molecule has 3 heterocycles. The van der Waals surface area contributed by atoms with Crippen LogP contribution in [0.5, 0.6) is 5.88 Å². The molecule has 5 heteroatoms. The SMILES string of the molecule is COc1ccc(CN2[C@@H]3CNC[C@H]2COC3)cn1. The van der Waals surface area contributed by atoms with Gasteiger partial charge in [0, 0.05) is 44.0 Å². The highest BCUT2D eigenvalue weighted by atomic mass is 16.5. The first-order valence-corrected chi connectivity index (χ1v) is 6.40. The predicted octanol–water partition coefficient (Wildman–Crippen LogP) is 0.263. The van der Waals surface area contributed by atoms with E-state index in [0.29, 0.717) is 18.0 Å². The van der Waals surface area contributed by atoms with E-state index in [1.54, 1.807) is 7.11 Å². The first kappa shape index (κ1) is 11.9. The van der Waals surface area contributed by atoms with Crippen molar-refractivity contribution in [2.75, 3.05) is 33.4 Å². The van der Waals surface area contributed by atoms with Crippen molar-refractivity contribution in [3.63, 3.8) is 0 Å². The van der Waals surface area contributed by atoms with E-state index in [0.717, 1.165) is 32.8 Å². The molecule has 0 saturated carbocycles. The van der Waals surface area contributed by atoms with Gasteiger partial charge >= 0.3 is 0 Å². The number of morpholine rings is 1. The quantitative estimate of drug-likeness (QED) is 0.833. The molecule has 1 aromatic rings. The summed E-state index contributed by atoms with van der Waals surface area (Å²) in [5.74, 6) is 0.669. The Morgan fingerprint density at radius 3 is 2.78 bits per heavy atom. The van der Waals surface area contributed by atoms with Gasteiger partial charge in [-0.05, 0) is 5.56 Å². The van der Waals surface area contributed by atoms with Crippen molar-refractivity contribution >= 4 is 0 Å². The summed E-state index contributed by atoms with van der Waals surface area (Å²) < 4.78 is 10.7. The van der Waals surface area contributed by atoms with Gasteiger partial charge in [0.25, 0.3) is 0 Å². The smallest absolute Gasteiger partial charge is 0.212 e. The summed E-state index contributed by atoms with van der Waals surface area (Å²) in [6, 6.07) is 4.98. The second-order valence-electron chi connectivity index (χ2n) is 4.88. The van der Waals surface area contributed by atoms with Crippen molar-refractivity contribution in [1.82, 2.24) is 15.2 Å². The Morgan fingerprint density at radius 1 is 1.39 bits per heavy atom. The van der Waals surface area contributed by atoms with Crippen LogP contribution >= 0.6 is 0 Å². The molecular weight excluding hydrogens is 230 g/mol. The fourth-order valence-corrected chi connectivity index (χ4v) is 2.69. The minimum atomic E-state index is 0.486. The Bertz CT molecular complexity index is 374. The molecule has 1 N–H and O–H groups in total. The molecular formula is C13H19N3O2. The lowest BCUT2D eigenvalue weighted by Crippen LogP contribution is -2.63. The van der Waals surface area contributed by atoms with E-state index in [1.165, 1.54) is 5.56 Å². The van der Waals surface area contributed by atoms with E-state index in [4.69, 9.17) is 9.47 Å². The second-order valence-corrected chi connectivity index (χ2v) is 4.88. The lowest BCUT2D eigenvalue weighted by Gasteiger charge is -2.46. The summed E-state index contributed by atoms with van der Waals surface area (Å²) in [6.07, 6.45) is 1.90. The average Bonchev–Trinajstić information content (AvgIpc) is 2.39. The third kappa shape index (κ3) is 2.34. The average molecular weight is 249 g/mol. The summed E-state index contributed by atoms with van der Waals surface area (Å²) in [7, 11) is 1.64. The molecule has 3 rings (SSSR count). The number of aromatic nitrogens is 1. The summed E-state index contributed by atoms with van der Waals surface area (Å²) in [5.41, 5.74) is 1.23. The molecule has 2 aliphatic rings. The fourth-order valence-electron chi connectivity index (χ4n) is 2.69. The summed E-state index contributed by atoms with van der Waals surface area (Å²) in [4.78, 5) is 6.79. The van der Waals surface area contributed by atoms with Crippen LogP contribution in [0.1, 0.15) is 5.56 Å². The standard InChI is InChI=1S/C13H19N3O2/c1-17-13-3-2-10(4-15-13)7-16-11-5-14-6-12(16)9-18-8-11/h2-4,11-12,14H,5-9H2,1H3/t11-,12+. The lowest BCUT2D eigenvalue weighted by atomic mass is 10.1. The maximum atomic E-state index is 5.62. The van der Waals surface area contributed by atoms with Gasteiger partial charge in [-0.2, -0.15) is 0 Å². The number of pyridine rings is 1. The molecule has 0 radical (unpaired) electrons. The maximum absolute atomic E-state index is 5.62. The Balaban J connectivity index is 1.70. The molecule has 0 aromatic carbocycles. The van der Waals surface area contributed by atoms with Gasteiger partial charge in [-0.15, -0.1) is 0 Å². The van der Waals surface area contributed by atoms with Crippen molar-refractivity contribution in [3.8, 4) is 5.88 Å². The number of methoxy groups -OCH3 is 1. The molecule has 2 bridgehead atoms. The fraction of sp³-hybridized carbons (Fsp3) is 0.615. The van der Waals surface area contributed by atoms with Crippen LogP contribution in [0, 0.1) is 0 Å². The summed E-state index contributed by atoms with van der Waals surface area (Å²) in [5, 5.41) is 3.46. The van der Waals surface area contributed by atoms with Gasteiger partial charge in [-0.25, -0.2) is 4.98 Å². The zero-order valence-electron chi connectivity index (χ0n) is 10.6. The van der Waals surface area contributed by atoms with E-state index >= 15 is 0 Å². The third-order valence-corrected chi connectivity index (χ3v) is 3.69. The van der Waals surface area contributed by atoms with Crippen molar-refractivity contribution in [2.45, 2.75) is 18.6 Å². The number of fused-ring (bicyclic) bond motifs is 2. The highest BCUT2D eigenvalue weighted by Crippen LogP contribution is 2.20.